The molecule has 0 aliphatic carbocycles. The summed E-state index contributed by atoms with van der Waals surface area (Å²) in [5, 5.41) is 3.59. The van der Waals surface area contributed by atoms with Crippen molar-refractivity contribution in [2.75, 3.05) is 30.4 Å². The number of anilines is 2. The smallest absolute Gasteiger partial charge is 0.224 e. The number of aromatic nitrogens is 2. The van der Waals surface area contributed by atoms with E-state index in [4.69, 9.17) is 11.6 Å². The Bertz CT molecular complexity index is 383. The SMILES string of the molecule is CCC1CCCN(c2nc(NC)ncc2Cl)C1. The number of halogens is 1. The summed E-state index contributed by atoms with van der Waals surface area (Å²) in [6.45, 7) is 4.33. The Balaban J connectivity index is 2.20. The molecule has 1 N–H and O–H groups in total. The molecule has 1 saturated heterocycles. The maximum Gasteiger partial charge on any atom is 0.224 e. The van der Waals surface area contributed by atoms with E-state index in [2.05, 4.69) is 27.1 Å². The molecule has 5 heteroatoms. The van der Waals surface area contributed by atoms with Gasteiger partial charge in [-0.15, -0.1) is 0 Å². The summed E-state index contributed by atoms with van der Waals surface area (Å²) in [5.41, 5.74) is 0. The topological polar surface area (TPSA) is 41.1 Å². The van der Waals surface area contributed by atoms with E-state index in [1.54, 1.807) is 6.20 Å². The van der Waals surface area contributed by atoms with Crippen LogP contribution in [0.4, 0.5) is 11.8 Å². The normalized spacial score (nSPS) is 20.4. The minimum atomic E-state index is 0.628. The van der Waals surface area contributed by atoms with Crippen LogP contribution in [0.2, 0.25) is 5.02 Å². The molecular formula is C12H19ClN4. The van der Waals surface area contributed by atoms with Crippen molar-refractivity contribution >= 4 is 23.4 Å². The second kappa shape index (κ2) is 5.54. The Hall–Kier alpha value is -1.03. The fourth-order valence-corrected chi connectivity index (χ4v) is 2.50. The lowest BCUT2D eigenvalue weighted by Crippen LogP contribution is -2.36. The fraction of sp³-hybridized carbons (Fsp3) is 0.667. The predicted octanol–water partition coefficient (Wildman–Crippen LogP) is 2.80. The first-order chi connectivity index (χ1) is 8.24. The summed E-state index contributed by atoms with van der Waals surface area (Å²) in [6.07, 6.45) is 5.42. The highest BCUT2D eigenvalue weighted by atomic mass is 35.5. The van der Waals surface area contributed by atoms with Gasteiger partial charge in [0.25, 0.3) is 0 Å². The fourth-order valence-electron chi connectivity index (χ4n) is 2.29. The second-order valence-corrected chi connectivity index (χ2v) is 4.88. The summed E-state index contributed by atoms with van der Waals surface area (Å²) < 4.78 is 0. The van der Waals surface area contributed by atoms with Gasteiger partial charge in [-0.05, 0) is 18.8 Å². The first kappa shape index (κ1) is 12.4. The molecule has 0 saturated carbocycles. The van der Waals surface area contributed by atoms with E-state index >= 15 is 0 Å². The van der Waals surface area contributed by atoms with Gasteiger partial charge < -0.3 is 10.2 Å². The molecule has 0 radical (unpaired) electrons. The van der Waals surface area contributed by atoms with E-state index in [-0.39, 0.29) is 0 Å². The van der Waals surface area contributed by atoms with Gasteiger partial charge >= 0.3 is 0 Å². The summed E-state index contributed by atoms with van der Waals surface area (Å²) in [5.74, 6) is 2.25. The molecule has 1 unspecified atom stereocenters. The zero-order valence-corrected chi connectivity index (χ0v) is 11.2. The van der Waals surface area contributed by atoms with Crippen molar-refractivity contribution < 1.29 is 0 Å². The number of hydrogen-bond donors (Lipinski definition) is 1. The Labute approximate surface area is 107 Å². The second-order valence-electron chi connectivity index (χ2n) is 4.48. The zero-order chi connectivity index (χ0) is 12.3. The molecule has 1 fully saturated rings. The van der Waals surface area contributed by atoms with Crippen molar-refractivity contribution in [2.45, 2.75) is 26.2 Å². The molecule has 0 bridgehead atoms. The molecule has 2 rings (SSSR count). The van der Waals surface area contributed by atoms with Crippen molar-refractivity contribution in [1.82, 2.24) is 9.97 Å². The molecule has 2 heterocycles. The average molecular weight is 255 g/mol. The van der Waals surface area contributed by atoms with Crippen molar-refractivity contribution in [3.05, 3.63) is 11.2 Å². The van der Waals surface area contributed by atoms with Gasteiger partial charge in [-0.25, -0.2) is 4.98 Å². The monoisotopic (exact) mass is 254 g/mol. The van der Waals surface area contributed by atoms with Crippen LogP contribution in [-0.4, -0.2) is 30.1 Å². The number of hydrogen-bond acceptors (Lipinski definition) is 4. The third-order valence-electron chi connectivity index (χ3n) is 3.35. The van der Waals surface area contributed by atoms with Crippen LogP contribution >= 0.6 is 11.6 Å². The van der Waals surface area contributed by atoms with Gasteiger partial charge in [0.1, 0.15) is 5.02 Å². The minimum absolute atomic E-state index is 0.628. The van der Waals surface area contributed by atoms with Crippen LogP contribution in [-0.2, 0) is 0 Å². The Morgan fingerprint density at radius 1 is 1.59 bits per heavy atom. The van der Waals surface area contributed by atoms with Crippen LogP contribution in [0.5, 0.6) is 0 Å². The van der Waals surface area contributed by atoms with Crippen LogP contribution < -0.4 is 10.2 Å². The average Bonchev–Trinajstić information content (AvgIpc) is 2.39. The highest BCUT2D eigenvalue weighted by Gasteiger charge is 2.21. The van der Waals surface area contributed by atoms with Crippen LogP contribution in [0.3, 0.4) is 0 Å². The van der Waals surface area contributed by atoms with Crippen molar-refractivity contribution in [3.63, 3.8) is 0 Å². The number of nitrogens with one attached hydrogen (secondary N) is 1. The first-order valence-corrected chi connectivity index (χ1v) is 6.57. The number of nitrogens with zero attached hydrogens (tertiary/aromatic N) is 3. The number of piperidine rings is 1. The van der Waals surface area contributed by atoms with Crippen molar-refractivity contribution in [2.24, 2.45) is 5.92 Å². The van der Waals surface area contributed by atoms with E-state index in [1.807, 2.05) is 7.05 Å². The van der Waals surface area contributed by atoms with E-state index in [0.717, 1.165) is 24.8 Å². The number of rotatable bonds is 3. The Morgan fingerprint density at radius 2 is 2.41 bits per heavy atom. The molecule has 1 aliphatic rings. The van der Waals surface area contributed by atoms with Crippen molar-refractivity contribution in [3.8, 4) is 0 Å². The van der Waals surface area contributed by atoms with Gasteiger partial charge in [-0.3, -0.25) is 0 Å². The lowest BCUT2D eigenvalue weighted by Gasteiger charge is -2.33. The van der Waals surface area contributed by atoms with Crippen LogP contribution in [0, 0.1) is 5.92 Å². The van der Waals surface area contributed by atoms with Crippen LogP contribution in [0.1, 0.15) is 26.2 Å². The van der Waals surface area contributed by atoms with Gasteiger partial charge in [0.2, 0.25) is 5.95 Å². The van der Waals surface area contributed by atoms with E-state index in [0.29, 0.717) is 11.0 Å². The molecule has 94 valence electrons. The maximum absolute atomic E-state index is 6.18. The Kier molecular flexibility index (Phi) is 4.05. The van der Waals surface area contributed by atoms with E-state index in [9.17, 15) is 0 Å². The van der Waals surface area contributed by atoms with Gasteiger partial charge in [-0.2, -0.15) is 4.98 Å². The molecule has 1 aromatic rings. The van der Waals surface area contributed by atoms with Gasteiger partial charge in [0.15, 0.2) is 5.82 Å². The van der Waals surface area contributed by atoms with Gasteiger partial charge in [0.05, 0.1) is 6.20 Å². The third-order valence-corrected chi connectivity index (χ3v) is 3.61. The highest BCUT2D eigenvalue weighted by molar-refractivity contribution is 6.32. The highest BCUT2D eigenvalue weighted by Crippen LogP contribution is 2.29. The van der Waals surface area contributed by atoms with E-state index < -0.39 is 0 Å². The Morgan fingerprint density at radius 3 is 3.12 bits per heavy atom. The minimum Gasteiger partial charge on any atom is -0.357 e. The lowest BCUT2D eigenvalue weighted by molar-refractivity contribution is 0.403. The largest absolute Gasteiger partial charge is 0.357 e. The quantitative estimate of drug-likeness (QED) is 0.901. The zero-order valence-electron chi connectivity index (χ0n) is 10.4. The molecular weight excluding hydrogens is 236 g/mol. The first-order valence-electron chi connectivity index (χ1n) is 6.19. The van der Waals surface area contributed by atoms with Crippen molar-refractivity contribution in [1.29, 1.82) is 0 Å². The summed E-state index contributed by atoms with van der Waals surface area (Å²) >= 11 is 6.18. The van der Waals surface area contributed by atoms with Crippen LogP contribution in [0.25, 0.3) is 0 Å². The molecule has 1 aliphatic heterocycles. The molecule has 1 aromatic heterocycles. The molecule has 17 heavy (non-hydrogen) atoms. The summed E-state index contributed by atoms with van der Waals surface area (Å²) in [6, 6.07) is 0. The molecule has 1 atom stereocenters. The lowest BCUT2D eigenvalue weighted by atomic mass is 9.96. The summed E-state index contributed by atoms with van der Waals surface area (Å²) in [7, 11) is 1.82. The molecule has 0 spiro atoms. The predicted molar refractivity (Wildman–Crippen MR) is 71.8 cm³/mol. The maximum atomic E-state index is 6.18. The molecule has 0 amide bonds. The standard InChI is InChI=1S/C12H19ClN4/c1-3-9-5-4-6-17(8-9)11-10(13)7-15-12(14-2)16-11/h7,9H,3-6,8H2,1-2H3,(H,14,15,16). The molecule has 0 aromatic carbocycles. The van der Waals surface area contributed by atoms with E-state index in [1.165, 1.54) is 19.3 Å². The summed E-state index contributed by atoms with van der Waals surface area (Å²) in [4.78, 5) is 10.8. The van der Waals surface area contributed by atoms with Crippen LogP contribution in [0.15, 0.2) is 6.20 Å². The third kappa shape index (κ3) is 2.80. The van der Waals surface area contributed by atoms with Gasteiger partial charge in [-0.1, -0.05) is 24.9 Å². The molecule has 4 nitrogen and oxygen atoms in total. The van der Waals surface area contributed by atoms with Gasteiger partial charge in [0, 0.05) is 20.1 Å².